The Labute approximate surface area is 469 Å². The van der Waals surface area contributed by atoms with Crippen molar-refractivity contribution in [1.29, 1.82) is 0 Å². The SMILES string of the molecule is CC[Si](CC)(CC)O[C@H]1C[C@H]2OC[C@@]2(OC(C)=O)[C@H]2[C@H](OC(=O)c3ccccc3)[C@]3(O)C[C@H](OC(=O)[C@H](OCOCc4ccccc4)[C@@H](NC(=O)OCc4ccccc4)c4ccccc4)C(C)=C([C@@H](OC(C)=O)C(=O)[C@]12C)C3(C)C. The third-order valence-electron chi connectivity index (χ3n) is 17.4. The second-order valence-corrected chi connectivity index (χ2v) is 26.9. The molecule has 2 saturated carbocycles. The highest BCUT2D eigenvalue weighted by atomic mass is 28.4. The number of amides is 1. The summed E-state index contributed by atoms with van der Waals surface area (Å²) in [5.74, 6) is -5.57. The van der Waals surface area contributed by atoms with Gasteiger partial charge in [0, 0.05) is 32.1 Å². The Kier molecular flexibility index (Phi) is 18.4. The van der Waals surface area contributed by atoms with Crippen molar-refractivity contribution in [3.63, 3.8) is 0 Å². The van der Waals surface area contributed by atoms with Crippen LogP contribution in [0.15, 0.2) is 132 Å². The van der Waals surface area contributed by atoms with Gasteiger partial charge < -0.3 is 52.7 Å². The molecule has 18 heteroatoms. The Morgan fingerprint density at radius 2 is 1.34 bits per heavy atom. The Hall–Kier alpha value is -6.54. The molecule has 0 radical (unpaired) electrons. The van der Waals surface area contributed by atoms with E-state index in [0.29, 0.717) is 29.3 Å². The van der Waals surface area contributed by atoms with Crippen LogP contribution in [0.1, 0.15) is 108 Å². The van der Waals surface area contributed by atoms with Crippen molar-refractivity contribution in [3.8, 4) is 0 Å². The average Bonchev–Trinajstić information content (AvgIpc) is 3.64. The van der Waals surface area contributed by atoms with Gasteiger partial charge in [0.15, 0.2) is 31.9 Å². The standard InChI is InChI=1S/C62H75NO16Si/c1-10-80(11-2,12-3)79-47-33-48-61(37-73-48,78-41(6)65)53-55(77-56(67)45-31-23-16-24-32-45)62(70)34-46(39(4)49(59(62,7)8)51(75-40(5)64)54(66)60(47,53)9)76-57(68)52(74-38-71-35-42-25-17-13-18-26-42)50(44-29-21-15-22-30-44)63-58(69)72-36-43-27-19-14-20-28-43/h13-32,46-48,50-53,55,70H,10-12,33-38H2,1-9H3,(H,63,69)/t46-,47-,48+,50-,51+,52+,53-,55-,60+,61-,62+/m0/s1. The number of benzene rings is 4. The number of hydrogen-bond acceptors (Lipinski definition) is 16. The van der Waals surface area contributed by atoms with Crippen LogP contribution in [0.2, 0.25) is 18.1 Å². The van der Waals surface area contributed by atoms with Gasteiger partial charge in [0.2, 0.25) is 0 Å². The molecule has 428 valence electrons. The first kappa shape index (κ1) is 59.6. The molecule has 1 amide bonds. The number of carbonyl (C=O) groups excluding carboxylic acids is 6. The number of alkyl carbamates (subject to hydrolysis) is 1. The zero-order valence-electron chi connectivity index (χ0n) is 47.1. The molecule has 17 nitrogen and oxygen atoms in total. The summed E-state index contributed by atoms with van der Waals surface area (Å²) in [6.07, 6.45) is -9.90. The van der Waals surface area contributed by atoms with Gasteiger partial charge in [-0.25, -0.2) is 14.4 Å². The van der Waals surface area contributed by atoms with E-state index in [1.807, 2.05) is 69.3 Å². The molecule has 4 aliphatic rings. The summed E-state index contributed by atoms with van der Waals surface area (Å²) in [4.78, 5) is 88.0. The van der Waals surface area contributed by atoms with Crippen LogP contribution in [0.3, 0.4) is 0 Å². The maximum absolute atomic E-state index is 16.6. The number of aliphatic hydroxyl groups is 1. The van der Waals surface area contributed by atoms with Gasteiger partial charge in [-0.15, -0.1) is 0 Å². The lowest BCUT2D eigenvalue weighted by molar-refractivity contribution is -0.344. The van der Waals surface area contributed by atoms with Crippen molar-refractivity contribution in [2.24, 2.45) is 16.7 Å². The highest BCUT2D eigenvalue weighted by Gasteiger charge is 2.79. The Morgan fingerprint density at radius 1 is 0.762 bits per heavy atom. The van der Waals surface area contributed by atoms with Gasteiger partial charge in [0.1, 0.15) is 37.3 Å². The smallest absolute Gasteiger partial charge is 0.408 e. The van der Waals surface area contributed by atoms with E-state index in [1.165, 1.54) is 13.8 Å². The Morgan fingerprint density at radius 3 is 1.89 bits per heavy atom. The molecular weight excluding hydrogens is 1040 g/mol. The molecule has 0 aromatic heterocycles. The van der Waals surface area contributed by atoms with E-state index in [9.17, 15) is 24.3 Å². The zero-order valence-corrected chi connectivity index (χ0v) is 48.1. The van der Waals surface area contributed by atoms with Gasteiger partial charge in [-0.2, -0.15) is 0 Å². The Balaban J connectivity index is 1.29. The number of ether oxygens (including phenoxy) is 8. The maximum Gasteiger partial charge on any atom is 0.408 e. The van der Waals surface area contributed by atoms with Crippen molar-refractivity contribution >= 4 is 44.1 Å². The first-order chi connectivity index (χ1) is 38.2. The van der Waals surface area contributed by atoms with E-state index in [-0.39, 0.29) is 43.0 Å². The van der Waals surface area contributed by atoms with Gasteiger partial charge in [0.25, 0.3) is 0 Å². The molecule has 3 fully saturated rings. The van der Waals surface area contributed by atoms with Crippen molar-refractivity contribution in [2.45, 2.75) is 160 Å². The molecule has 2 N–H and O–H groups in total. The van der Waals surface area contributed by atoms with Crippen LogP contribution in [0.5, 0.6) is 0 Å². The van der Waals surface area contributed by atoms with E-state index in [2.05, 4.69) is 5.32 Å². The van der Waals surface area contributed by atoms with Crippen LogP contribution in [-0.2, 0) is 74.7 Å². The third kappa shape index (κ3) is 11.7. The first-order valence-electron chi connectivity index (χ1n) is 27.5. The van der Waals surface area contributed by atoms with Crippen LogP contribution in [0.25, 0.3) is 0 Å². The molecule has 11 atom stereocenters. The predicted molar refractivity (Wildman–Crippen MR) is 295 cm³/mol. The number of ketones is 1. The summed E-state index contributed by atoms with van der Waals surface area (Å²) >= 11 is 0. The molecule has 1 heterocycles. The van der Waals surface area contributed by atoms with Gasteiger partial charge in [-0.3, -0.25) is 14.4 Å². The predicted octanol–water partition coefficient (Wildman–Crippen LogP) is 9.46. The van der Waals surface area contributed by atoms with E-state index in [1.54, 1.807) is 100 Å². The molecule has 4 aromatic rings. The van der Waals surface area contributed by atoms with E-state index in [4.69, 9.17) is 42.3 Å². The van der Waals surface area contributed by atoms with Crippen molar-refractivity contribution in [1.82, 2.24) is 5.32 Å². The van der Waals surface area contributed by atoms with E-state index in [0.717, 1.165) is 5.56 Å². The van der Waals surface area contributed by atoms with Crippen LogP contribution in [0, 0.1) is 16.7 Å². The number of Topliss-reactive ketones (excluding diaryl/α,β-unsaturated/α-hetero) is 1. The lowest BCUT2D eigenvalue weighted by atomic mass is 9.44. The van der Waals surface area contributed by atoms with Gasteiger partial charge in [-0.1, -0.05) is 144 Å². The number of nitrogens with one attached hydrogen (secondary N) is 1. The topological polar surface area (TPSA) is 218 Å². The van der Waals surface area contributed by atoms with Crippen LogP contribution in [0.4, 0.5) is 4.79 Å². The van der Waals surface area contributed by atoms with Crippen LogP contribution in [-0.4, -0.2) is 110 Å². The summed E-state index contributed by atoms with van der Waals surface area (Å²) in [5, 5.41) is 17.2. The fourth-order valence-corrected chi connectivity index (χ4v) is 15.7. The monoisotopic (exact) mass is 1120 g/mol. The minimum Gasteiger partial charge on any atom is -0.456 e. The van der Waals surface area contributed by atoms with Crippen molar-refractivity contribution in [3.05, 3.63) is 155 Å². The summed E-state index contributed by atoms with van der Waals surface area (Å²) in [6.45, 7) is 14.4. The van der Waals surface area contributed by atoms with Gasteiger partial charge in [0.05, 0.1) is 42.3 Å². The molecular formula is C62H75NO16Si. The largest absolute Gasteiger partial charge is 0.456 e. The van der Waals surface area contributed by atoms with Gasteiger partial charge >= 0.3 is 30.0 Å². The maximum atomic E-state index is 16.6. The van der Waals surface area contributed by atoms with Gasteiger partial charge in [-0.05, 0) is 71.9 Å². The third-order valence-corrected chi connectivity index (χ3v) is 22.0. The number of hydrogen-bond donors (Lipinski definition) is 2. The highest BCUT2D eigenvalue weighted by Crippen LogP contribution is 2.65. The molecule has 4 aromatic carbocycles. The lowest BCUT2D eigenvalue weighted by Gasteiger charge is -2.68. The molecule has 1 saturated heterocycles. The summed E-state index contributed by atoms with van der Waals surface area (Å²) in [7, 11) is -2.67. The van der Waals surface area contributed by atoms with Crippen LogP contribution >= 0.6 is 0 Å². The fraction of sp³-hybridized carbons (Fsp3) is 0.484. The van der Waals surface area contributed by atoms with Crippen molar-refractivity contribution in [2.75, 3.05) is 13.4 Å². The highest BCUT2D eigenvalue weighted by molar-refractivity contribution is 6.73. The van der Waals surface area contributed by atoms with E-state index < -0.39 is 128 Å². The molecule has 8 rings (SSSR count). The molecule has 80 heavy (non-hydrogen) atoms. The average molecular weight is 1120 g/mol. The quantitative estimate of drug-likeness (QED) is 0.0198. The number of fused-ring (bicyclic) bond motifs is 5. The summed E-state index contributed by atoms with van der Waals surface area (Å²) < 4.78 is 57.7. The Bertz CT molecular complexity index is 2870. The number of carbonyl (C=O) groups is 6. The summed E-state index contributed by atoms with van der Waals surface area (Å²) in [6, 6.07) is 35.8. The van der Waals surface area contributed by atoms with Crippen molar-refractivity contribution < 1.29 is 76.2 Å². The number of esters is 4. The molecule has 3 aliphatic carbocycles. The molecule has 2 bridgehead atoms. The minimum atomic E-state index is -2.67. The fourth-order valence-electron chi connectivity index (χ4n) is 12.7. The van der Waals surface area contributed by atoms with Crippen LogP contribution < -0.4 is 5.32 Å². The lowest BCUT2D eigenvalue weighted by Crippen LogP contribution is -2.82. The molecule has 1 aliphatic heterocycles. The first-order valence-corrected chi connectivity index (χ1v) is 30.1. The zero-order chi connectivity index (χ0) is 57.6. The van der Waals surface area contributed by atoms with E-state index >= 15 is 9.59 Å². The molecule has 0 unspecified atom stereocenters. The normalized spacial score (nSPS) is 27.5. The second kappa shape index (κ2) is 24.7. The minimum absolute atomic E-state index is 0.0693. The molecule has 0 spiro atoms. The summed E-state index contributed by atoms with van der Waals surface area (Å²) in [5.41, 5.74) is -5.20. The second-order valence-electron chi connectivity index (χ2n) is 22.1. The number of rotatable bonds is 21.